The van der Waals surface area contributed by atoms with Gasteiger partial charge in [-0.2, -0.15) is 10.5 Å². The second-order valence-corrected chi connectivity index (χ2v) is 23.0. The van der Waals surface area contributed by atoms with E-state index in [4.69, 9.17) is 54.6 Å². The van der Waals surface area contributed by atoms with Crippen molar-refractivity contribution in [2.75, 3.05) is 39.4 Å². The van der Waals surface area contributed by atoms with Gasteiger partial charge in [-0.15, -0.1) is 0 Å². The lowest BCUT2D eigenvalue weighted by atomic mass is 9.76. The van der Waals surface area contributed by atoms with Crippen molar-refractivity contribution in [1.82, 2.24) is 49.5 Å². The highest BCUT2D eigenvalue weighted by molar-refractivity contribution is 6.61. The summed E-state index contributed by atoms with van der Waals surface area (Å²) in [5.41, 5.74) is 3.71. The fraction of sp³-hybridized carbons (Fsp3) is 0.279. The van der Waals surface area contributed by atoms with Crippen molar-refractivity contribution in [2.24, 2.45) is 17.3 Å². The molecule has 6 aromatic heterocycles. The number of hydrogen-bond donors (Lipinski definition) is 2. The molecule has 0 aliphatic carbocycles. The third-order valence-corrected chi connectivity index (χ3v) is 14.8. The molecule has 8 aromatic rings. The number of halogens is 3. The minimum Gasteiger partial charge on any atom is -0.407 e. The Morgan fingerprint density at radius 2 is 1.07 bits per heavy atom. The Morgan fingerprint density at radius 1 is 0.612 bits per heavy atom. The van der Waals surface area contributed by atoms with E-state index in [-0.39, 0.29) is 54.5 Å². The average molecular weight is 1200 g/mol. The SMILES string of the molecule is CC1CN(C(=O)Cn2c(=O)c(C(=O)NCc3ccc(Cl)cc3)cc3cc(-c4ccc(C#N)cn4)cnc32)C1.CC1CN(C(=O)Cn2c(=O)c(C(=O)NCc3ccc(Cl)cc3)cc3cc(B4OCC(C)(C)CO4)cnc32)C1.N#Cc1ccc(Cl)nc1. The van der Waals surface area contributed by atoms with Gasteiger partial charge in [0, 0.05) is 115 Å². The van der Waals surface area contributed by atoms with Crippen LogP contribution in [-0.2, 0) is 45.1 Å². The number of aromatic nitrogens is 6. The Kier molecular flexibility index (Phi) is 19.2. The molecule has 3 fully saturated rings. The first-order chi connectivity index (χ1) is 40.7. The fourth-order valence-corrected chi connectivity index (χ4v) is 9.79. The minimum absolute atomic E-state index is 0.0678. The topological polar surface area (TPSA) is 260 Å². The smallest absolute Gasteiger partial charge is 0.407 e. The molecule has 0 bridgehead atoms. The largest absolute Gasteiger partial charge is 0.495 e. The molecule has 2 N–H and O–H groups in total. The molecule has 24 heteroatoms. The molecule has 11 rings (SSSR count). The van der Waals surface area contributed by atoms with Gasteiger partial charge in [0.1, 0.15) is 52.8 Å². The van der Waals surface area contributed by atoms with Crippen LogP contribution in [0.2, 0.25) is 15.2 Å². The van der Waals surface area contributed by atoms with Crippen LogP contribution in [0.3, 0.4) is 0 Å². The predicted molar refractivity (Wildman–Crippen MR) is 322 cm³/mol. The summed E-state index contributed by atoms with van der Waals surface area (Å²) in [4.78, 5) is 99.5. The molecule has 4 amide bonds. The van der Waals surface area contributed by atoms with E-state index >= 15 is 0 Å². The standard InChI is InChI=1S/C28H23ClN6O3.C27H30BClN4O5.C6H3ClN2/c1-17-14-34(15-17)25(36)16-35-26-20(8-21(13-32-26)24-7-4-19(10-30)12-31-24)9-23(28(35)38)27(37)33-11-18-2-5-22(29)6-3-18;1-17-12-32(13-17)23(34)14-33-24-19(8-20(11-30-24)28-37-15-27(2,3)16-38-28)9-22(26(33)36)25(35)31-10-18-4-6-21(29)7-5-18;7-6-2-1-5(3-8)4-9-6/h2-9,12-13,17H,11,14-16H2,1H3,(H,33,37);4-9,11,17H,10,12-16H2,1-3H3,(H,31,35);1-2,4H. The predicted octanol–water partition coefficient (Wildman–Crippen LogP) is 7.22. The Labute approximate surface area is 504 Å². The molecular formula is C61H56BCl3N12O8. The molecule has 3 aliphatic heterocycles. The fourth-order valence-electron chi connectivity index (χ4n) is 9.43. The summed E-state index contributed by atoms with van der Waals surface area (Å²) in [6, 6.07) is 31.2. The number of nitriles is 2. The summed E-state index contributed by atoms with van der Waals surface area (Å²) in [7, 11) is -0.605. The highest BCUT2D eigenvalue weighted by Gasteiger charge is 2.35. The maximum absolute atomic E-state index is 13.5. The minimum atomic E-state index is -0.605. The molecule has 0 radical (unpaired) electrons. The van der Waals surface area contributed by atoms with Crippen molar-refractivity contribution >= 4 is 93.1 Å². The average Bonchev–Trinajstić information content (AvgIpc) is 1.93. The first-order valence-electron chi connectivity index (χ1n) is 27.0. The van der Waals surface area contributed by atoms with Gasteiger partial charge in [-0.3, -0.25) is 42.9 Å². The lowest BCUT2D eigenvalue weighted by Crippen LogP contribution is -2.50. The van der Waals surface area contributed by atoms with Crippen molar-refractivity contribution < 1.29 is 28.5 Å². The van der Waals surface area contributed by atoms with Gasteiger partial charge in [0.15, 0.2) is 0 Å². The van der Waals surface area contributed by atoms with Crippen LogP contribution in [0, 0.1) is 39.9 Å². The van der Waals surface area contributed by atoms with Gasteiger partial charge in [0.05, 0.1) is 16.8 Å². The highest BCUT2D eigenvalue weighted by Crippen LogP contribution is 2.25. The van der Waals surface area contributed by atoms with Gasteiger partial charge in [-0.25, -0.2) is 15.0 Å². The molecule has 85 heavy (non-hydrogen) atoms. The number of pyridine rings is 6. The van der Waals surface area contributed by atoms with Crippen molar-refractivity contribution in [2.45, 2.75) is 53.9 Å². The van der Waals surface area contributed by atoms with Gasteiger partial charge in [0.2, 0.25) is 11.8 Å². The molecule has 9 heterocycles. The molecule has 0 saturated carbocycles. The Bertz CT molecular complexity index is 4020. The van der Waals surface area contributed by atoms with E-state index in [0.717, 1.165) is 11.1 Å². The Hall–Kier alpha value is -8.83. The Balaban J connectivity index is 0.000000177. The van der Waals surface area contributed by atoms with Gasteiger partial charge in [0.25, 0.3) is 22.9 Å². The van der Waals surface area contributed by atoms with Crippen LogP contribution in [0.4, 0.5) is 0 Å². The number of carbonyl (C=O) groups is 4. The van der Waals surface area contributed by atoms with Crippen molar-refractivity contribution in [1.29, 1.82) is 10.5 Å². The lowest BCUT2D eigenvalue weighted by Gasteiger charge is -2.37. The normalized spacial score (nSPS) is 14.5. The number of hydrogen-bond acceptors (Lipinski definition) is 14. The van der Waals surface area contributed by atoms with Crippen molar-refractivity contribution in [3.63, 3.8) is 0 Å². The first-order valence-corrected chi connectivity index (χ1v) is 28.2. The molecule has 2 aromatic carbocycles. The second-order valence-electron chi connectivity index (χ2n) is 21.8. The number of benzene rings is 2. The Morgan fingerprint density at radius 3 is 1.51 bits per heavy atom. The number of likely N-dealkylation sites (tertiary alicyclic amines) is 2. The van der Waals surface area contributed by atoms with Crippen molar-refractivity contribution in [3.05, 3.63) is 191 Å². The molecule has 0 unspecified atom stereocenters. The van der Waals surface area contributed by atoms with Crippen LogP contribution in [0.25, 0.3) is 33.3 Å². The van der Waals surface area contributed by atoms with Crippen LogP contribution < -0.4 is 27.2 Å². The van der Waals surface area contributed by atoms with Crippen LogP contribution in [0.5, 0.6) is 0 Å². The van der Waals surface area contributed by atoms with Crippen molar-refractivity contribution in [3.8, 4) is 23.4 Å². The van der Waals surface area contributed by atoms with Crippen LogP contribution in [0.15, 0.2) is 131 Å². The highest BCUT2D eigenvalue weighted by atomic mass is 35.5. The number of carbonyl (C=O) groups excluding carboxylic acids is 4. The summed E-state index contributed by atoms with van der Waals surface area (Å²) < 4.78 is 14.4. The summed E-state index contributed by atoms with van der Waals surface area (Å²) >= 11 is 17.3. The third-order valence-electron chi connectivity index (χ3n) is 14.1. The van der Waals surface area contributed by atoms with Gasteiger partial charge in [-0.05, 0) is 95.8 Å². The zero-order chi connectivity index (χ0) is 60.5. The number of rotatable bonds is 12. The van der Waals surface area contributed by atoms with Crippen LogP contribution in [0.1, 0.15) is 70.7 Å². The molecule has 20 nitrogen and oxygen atoms in total. The summed E-state index contributed by atoms with van der Waals surface area (Å²) in [6.07, 6.45) is 6.05. The molecule has 0 atom stereocenters. The van der Waals surface area contributed by atoms with E-state index < -0.39 is 30.1 Å². The number of nitrogens with one attached hydrogen (secondary N) is 2. The van der Waals surface area contributed by atoms with E-state index in [1.165, 1.54) is 33.7 Å². The maximum atomic E-state index is 13.5. The zero-order valence-corrected chi connectivity index (χ0v) is 49.0. The molecule has 432 valence electrons. The lowest BCUT2D eigenvalue weighted by molar-refractivity contribution is -0.138. The van der Waals surface area contributed by atoms with Gasteiger partial charge < -0.3 is 29.7 Å². The molecular weight excluding hydrogens is 1150 g/mol. The zero-order valence-electron chi connectivity index (χ0n) is 46.7. The maximum Gasteiger partial charge on any atom is 0.495 e. The van der Waals surface area contributed by atoms with E-state index in [9.17, 15) is 28.8 Å². The van der Waals surface area contributed by atoms with E-state index in [1.54, 1.807) is 107 Å². The molecule has 3 aliphatic rings. The summed E-state index contributed by atoms with van der Waals surface area (Å²) in [5, 5.41) is 25.6. The van der Waals surface area contributed by atoms with Crippen LogP contribution >= 0.6 is 34.8 Å². The molecule has 0 spiro atoms. The third kappa shape index (κ3) is 15.1. The summed E-state index contributed by atoms with van der Waals surface area (Å²) in [6.45, 7) is 11.9. The van der Waals surface area contributed by atoms with Crippen LogP contribution in [-0.4, -0.2) is 109 Å². The van der Waals surface area contributed by atoms with Gasteiger partial charge in [-0.1, -0.05) is 86.8 Å². The summed E-state index contributed by atoms with van der Waals surface area (Å²) in [5.74, 6) is -0.644. The number of fused-ring (bicyclic) bond motifs is 2. The first kappa shape index (κ1) is 60.8. The quantitative estimate of drug-likeness (QED) is 0.0904. The number of nitrogens with zero attached hydrogens (tertiary/aromatic N) is 10. The van der Waals surface area contributed by atoms with E-state index in [0.29, 0.717) is 116 Å². The monoisotopic (exact) mass is 1200 g/mol. The molecule has 3 saturated heterocycles. The number of amides is 4. The second kappa shape index (κ2) is 26.8. The van der Waals surface area contributed by atoms with E-state index in [2.05, 4.69) is 58.3 Å². The van der Waals surface area contributed by atoms with Gasteiger partial charge >= 0.3 is 7.12 Å². The van der Waals surface area contributed by atoms with E-state index in [1.807, 2.05) is 12.1 Å².